The van der Waals surface area contributed by atoms with E-state index in [1.807, 2.05) is 31.2 Å². The number of nitrogens with zero attached hydrogens (tertiary/aromatic N) is 4. The highest BCUT2D eigenvalue weighted by Crippen LogP contribution is 2.30. The minimum absolute atomic E-state index is 0.0850. The van der Waals surface area contributed by atoms with Crippen LogP contribution >= 0.6 is 11.3 Å². The van der Waals surface area contributed by atoms with E-state index >= 15 is 0 Å². The van der Waals surface area contributed by atoms with Crippen LogP contribution in [0.3, 0.4) is 0 Å². The predicted octanol–water partition coefficient (Wildman–Crippen LogP) is 3.20. The molecule has 0 saturated heterocycles. The molecule has 180 valence electrons. The fraction of sp³-hybridized carbons (Fsp3) is 0.208. The average molecular weight is 494 g/mol. The molecule has 0 amide bonds. The lowest BCUT2D eigenvalue weighted by atomic mass is 10.1. The highest BCUT2D eigenvalue weighted by molar-refractivity contribution is 7.11. The molecular formula is C24H23N5O5S. The van der Waals surface area contributed by atoms with Crippen molar-refractivity contribution in [1.82, 2.24) is 19.1 Å². The maximum atomic E-state index is 13.1. The zero-order chi connectivity index (χ0) is 25.1. The summed E-state index contributed by atoms with van der Waals surface area (Å²) in [5.74, 6) is -0.641. The van der Waals surface area contributed by atoms with Gasteiger partial charge < -0.3 is 9.84 Å². The van der Waals surface area contributed by atoms with Crippen LogP contribution in [0, 0.1) is 13.8 Å². The Labute approximate surface area is 203 Å². The summed E-state index contributed by atoms with van der Waals surface area (Å²) in [6.07, 6.45) is 0. The van der Waals surface area contributed by atoms with Crippen LogP contribution in [0.4, 0.5) is 5.69 Å². The van der Waals surface area contributed by atoms with Gasteiger partial charge in [-0.25, -0.2) is 23.9 Å². The summed E-state index contributed by atoms with van der Waals surface area (Å²) in [7, 11) is 0. The van der Waals surface area contributed by atoms with E-state index in [1.54, 1.807) is 32.0 Å². The summed E-state index contributed by atoms with van der Waals surface area (Å²) in [5, 5.41) is 10.6. The summed E-state index contributed by atoms with van der Waals surface area (Å²) in [4.78, 5) is 47.7. The van der Waals surface area contributed by atoms with Gasteiger partial charge in [-0.2, -0.15) is 4.98 Å². The number of ether oxygens (including phenoxy) is 1. The lowest BCUT2D eigenvalue weighted by Gasteiger charge is -2.10. The lowest BCUT2D eigenvalue weighted by Crippen LogP contribution is -2.49. The van der Waals surface area contributed by atoms with Crippen molar-refractivity contribution in [1.29, 1.82) is 0 Å². The average Bonchev–Trinajstić information content (AvgIpc) is 3.29. The molecule has 0 saturated carbocycles. The minimum atomic E-state index is -1.13. The number of carboxylic acids is 1. The maximum absolute atomic E-state index is 13.1. The van der Waals surface area contributed by atoms with E-state index < -0.39 is 17.3 Å². The Balaban J connectivity index is 1.73. The number of H-pyrrole nitrogens is 1. The molecule has 4 aromatic rings. The van der Waals surface area contributed by atoms with Gasteiger partial charge in [-0.15, -0.1) is 0 Å². The number of aromatic amines is 1. The molecule has 11 heteroatoms. The van der Waals surface area contributed by atoms with E-state index in [9.17, 15) is 14.4 Å². The zero-order valence-corrected chi connectivity index (χ0v) is 20.1. The molecular weight excluding hydrogens is 470 g/mol. The van der Waals surface area contributed by atoms with E-state index in [2.05, 4.69) is 15.0 Å². The third kappa shape index (κ3) is 5.30. The summed E-state index contributed by atoms with van der Waals surface area (Å²) >= 11 is 1.08. The zero-order valence-electron chi connectivity index (χ0n) is 19.3. The molecule has 35 heavy (non-hydrogen) atoms. The molecule has 2 aromatic heterocycles. The Morgan fingerprint density at radius 3 is 2.51 bits per heavy atom. The number of carbonyl (C=O) groups is 1. The fourth-order valence-corrected chi connectivity index (χ4v) is 4.03. The minimum Gasteiger partial charge on any atom is -0.476 e. The molecule has 0 bridgehead atoms. The van der Waals surface area contributed by atoms with Gasteiger partial charge in [0.25, 0.3) is 5.19 Å². The van der Waals surface area contributed by atoms with Crippen molar-refractivity contribution in [2.75, 3.05) is 0 Å². The number of carboxylic acid groups (broad SMARTS) is 1. The summed E-state index contributed by atoms with van der Waals surface area (Å²) < 4.78 is 8.26. The highest BCUT2D eigenvalue weighted by Gasteiger charge is 2.12. The smallest absolute Gasteiger partial charge is 0.355 e. The van der Waals surface area contributed by atoms with Crippen LogP contribution < -0.4 is 21.7 Å². The summed E-state index contributed by atoms with van der Waals surface area (Å²) in [6.45, 7) is 5.99. The predicted molar refractivity (Wildman–Crippen MR) is 131 cm³/mol. The fourth-order valence-electron chi connectivity index (χ4n) is 3.38. The van der Waals surface area contributed by atoms with Crippen molar-refractivity contribution in [2.24, 2.45) is 4.99 Å². The second kappa shape index (κ2) is 9.94. The van der Waals surface area contributed by atoms with Crippen molar-refractivity contribution < 1.29 is 14.6 Å². The number of hydrogen-bond acceptors (Lipinski definition) is 7. The van der Waals surface area contributed by atoms with Crippen LogP contribution in [0.1, 0.15) is 34.1 Å². The first-order valence-electron chi connectivity index (χ1n) is 10.8. The molecule has 0 aliphatic rings. The molecule has 0 aliphatic heterocycles. The van der Waals surface area contributed by atoms with Gasteiger partial charge >= 0.3 is 17.3 Å². The Hall–Kier alpha value is -4.25. The molecule has 0 radical (unpaired) electrons. The van der Waals surface area contributed by atoms with E-state index in [4.69, 9.17) is 9.84 Å². The molecule has 0 spiro atoms. The van der Waals surface area contributed by atoms with Gasteiger partial charge in [-0.05, 0) is 50.1 Å². The van der Waals surface area contributed by atoms with Gasteiger partial charge in [-0.3, -0.25) is 9.55 Å². The Morgan fingerprint density at radius 1 is 1.14 bits per heavy atom. The second-order valence-corrected chi connectivity index (χ2v) is 8.64. The van der Waals surface area contributed by atoms with Crippen LogP contribution in [-0.4, -0.2) is 30.2 Å². The van der Waals surface area contributed by atoms with E-state index in [0.29, 0.717) is 17.0 Å². The van der Waals surface area contributed by atoms with Gasteiger partial charge in [0.15, 0.2) is 5.69 Å². The van der Waals surface area contributed by atoms with Crippen molar-refractivity contribution in [3.8, 4) is 10.9 Å². The van der Waals surface area contributed by atoms with Gasteiger partial charge in [0.05, 0.1) is 12.2 Å². The molecule has 0 unspecified atom stereocenters. The van der Waals surface area contributed by atoms with E-state index in [-0.39, 0.29) is 29.6 Å². The van der Waals surface area contributed by atoms with Crippen LogP contribution in [0.5, 0.6) is 10.9 Å². The molecule has 2 aromatic carbocycles. The molecule has 0 fully saturated rings. The van der Waals surface area contributed by atoms with Crippen molar-refractivity contribution in [3.05, 3.63) is 96.8 Å². The van der Waals surface area contributed by atoms with Crippen molar-refractivity contribution in [3.63, 3.8) is 0 Å². The van der Waals surface area contributed by atoms with Gasteiger partial charge in [-0.1, -0.05) is 41.2 Å². The number of rotatable bonds is 7. The van der Waals surface area contributed by atoms with Crippen molar-refractivity contribution in [2.45, 2.75) is 33.9 Å². The van der Waals surface area contributed by atoms with E-state index in [0.717, 1.165) is 27.0 Å². The third-order valence-corrected chi connectivity index (χ3v) is 5.97. The quantitative estimate of drug-likeness (QED) is 0.406. The SMILES string of the molecule is CCn1c(=O)[nH]/c(=N\c2ccc(Oc3nc(C(=O)O)cs3)c(C)c2)n(Cc2ccc(C)cc2)c1=O. The summed E-state index contributed by atoms with van der Waals surface area (Å²) in [5.41, 5.74) is 2.27. The number of hydrogen-bond donors (Lipinski definition) is 2. The standard InChI is InChI=1S/C24H23N5O5S/c1-4-28-22(32)27-21(29(24(28)33)12-16-7-5-14(2)6-8-16)25-17-9-10-19(15(3)11-17)34-23-26-18(13-35-23)20(30)31/h5-11,13H,4,12H2,1-3H3,(H,30,31)(H,25,27,32). The first kappa shape index (κ1) is 23.9. The lowest BCUT2D eigenvalue weighted by molar-refractivity contribution is 0.0690. The maximum Gasteiger partial charge on any atom is 0.355 e. The van der Waals surface area contributed by atoms with Crippen LogP contribution in [0.15, 0.2) is 62.4 Å². The monoisotopic (exact) mass is 493 g/mol. The van der Waals surface area contributed by atoms with Crippen molar-refractivity contribution >= 4 is 23.0 Å². The molecule has 10 nitrogen and oxygen atoms in total. The number of thiazole rings is 1. The normalized spacial score (nSPS) is 11.6. The number of aromatic carboxylic acids is 1. The highest BCUT2D eigenvalue weighted by atomic mass is 32.1. The van der Waals surface area contributed by atoms with E-state index in [1.165, 1.54) is 9.95 Å². The largest absolute Gasteiger partial charge is 0.476 e. The topological polar surface area (TPSA) is 132 Å². The molecule has 2 N–H and O–H groups in total. The number of nitrogens with one attached hydrogen (secondary N) is 1. The van der Waals surface area contributed by atoms with Crippen LogP contribution in [0.25, 0.3) is 0 Å². The number of aryl methyl sites for hydroxylation is 2. The number of benzene rings is 2. The molecule has 0 aliphatic carbocycles. The van der Waals surface area contributed by atoms with Gasteiger partial charge in [0.1, 0.15) is 5.75 Å². The molecule has 0 atom stereocenters. The van der Waals surface area contributed by atoms with Gasteiger partial charge in [0.2, 0.25) is 5.62 Å². The van der Waals surface area contributed by atoms with Crippen LogP contribution in [-0.2, 0) is 13.1 Å². The first-order chi connectivity index (χ1) is 16.7. The Bertz CT molecular complexity index is 1580. The number of aromatic nitrogens is 4. The first-order valence-corrected chi connectivity index (χ1v) is 11.6. The Morgan fingerprint density at radius 2 is 1.89 bits per heavy atom. The summed E-state index contributed by atoms with van der Waals surface area (Å²) in [6, 6.07) is 12.9. The molecule has 4 rings (SSSR count). The van der Waals surface area contributed by atoms with Crippen LogP contribution in [0.2, 0.25) is 0 Å². The van der Waals surface area contributed by atoms with Gasteiger partial charge in [0, 0.05) is 11.9 Å². The third-order valence-electron chi connectivity index (χ3n) is 5.25. The Kier molecular flexibility index (Phi) is 6.78. The second-order valence-electron chi connectivity index (χ2n) is 7.82. The molecule has 2 heterocycles.